The predicted octanol–water partition coefficient (Wildman–Crippen LogP) is 3.13. The molecule has 0 spiro atoms. The summed E-state index contributed by atoms with van der Waals surface area (Å²) in [5.41, 5.74) is 0. The van der Waals surface area contributed by atoms with Crippen LogP contribution >= 0.6 is 27.9 Å². The van der Waals surface area contributed by atoms with Crippen molar-refractivity contribution >= 4 is 27.9 Å². The van der Waals surface area contributed by atoms with Crippen LogP contribution in [0.2, 0.25) is 0 Å². The Bertz CT molecular complexity index is 417. The Labute approximate surface area is 114 Å². The number of hydrogen-bond donors (Lipinski definition) is 0. The molecule has 0 aliphatic carbocycles. The molecule has 2 unspecified atom stereocenters. The van der Waals surface area contributed by atoms with E-state index in [4.69, 9.17) is 4.84 Å². The summed E-state index contributed by atoms with van der Waals surface area (Å²) in [6, 6.07) is 8.68. The zero-order valence-electron chi connectivity index (χ0n) is 9.67. The molecule has 3 nitrogen and oxygen atoms in total. The third kappa shape index (κ3) is 2.21. The molecule has 3 rings (SSSR count). The first kappa shape index (κ1) is 11.8. The van der Waals surface area contributed by atoms with E-state index in [1.807, 2.05) is 36.2 Å². The molecule has 2 bridgehead atoms. The van der Waals surface area contributed by atoms with Gasteiger partial charge in [0.15, 0.2) is 0 Å². The largest absolute Gasteiger partial charge is 0.404 e. The normalized spacial score (nSPS) is 28.8. The number of hydroxylamine groups is 2. The fourth-order valence-electron chi connectivity index (χ4n) is 2.64. The molecule has 92 valence electrons. The van der Waals surface area contributed by atoms with Crippen molar-refractivity contribution in [3.8, 4) is 5.75 Å². The first-order chi connectivity index (χ1) is 8.28. The molecule has 2 atom stereocenters. The van der Waals surface area contributed by atoms with Crippen LogP contribution in [0.4, 0.5) is 0 Å². The SMILES string of the molecule is CSN1C2CCC1N(Oc1cccc(Br)c1)C2. The van der Waals surface area contributed by atoms with Gasteiger partial charge in [0.25, 0.3) is 0 Å². The lowest BCUT2D eigenvalue weighted by atomic mass is 10.2. The van der Waals surface area contributed by atoms with Crippen LogP contribution in [-0.2, 0) is 0 Å². The molecule has 0 aromatic heterocycles. The number of rotatable bonds is 3. The van der Waals surface area contributed by atoms with Crippen LogP contribution in [0.1, 0.15) is 12.8 Å². The third-order valence-electron chi connectivity index (χ3n) is 3.36. The van der Waals surface area contributed by atoms with Gasteiger partial charge in [-0.05, 0) is 37.3 Å². The van der Waals surface area contributed by atoms with Crippen LogP contribution < -0.4 is 4.84 Å². The van der Waals surface area contributed by atoms with Gasteiger partial charge in [0.05, 0.1) is 6.54 Å². The average molecular weight is 315 g/mol. The average Bonchev–Trinajstić information content (AvgIpc) is 2.85. The summed E-state index contributed by atoms with van der Waals surface area (Å²) in [5, 5.41) is 2.12. The first-order valence-electron chi connectivity index (χ1n) is 5.80. The van der Waals surface area contributed by atoms with Gasteiger partial charge in [-0.1, -0.05) is 33.9 Å². The number of piperidine rings is 1. The minimum Gasteiger partial charge on any atom is -0.404 e. The van der Waals surface area contributed by atoms with Gasteiger partial charge in [0.2, 0.25) is 0 Å². The Morgan fingerprint density at radius 1 is 1.41 bits per heavy atom. The van der Waals surface area contributed by atoms with Crippen molar-refractivity contribution in [3.63, 3.8) is 0 Å². The number of halogens is 1. The van der Waals surface area contributed by atoms with Crippen LogP contribution in [0.25, 0.3) is 0 Å². The maximum absolute atomic E-state index is 5.97. The lowest BCUT2D eigenvalue weighted by Crippen LogP contribution is -2.37. The summed E-state index contributed by atoms with van der Waals surface area (Å²) in [5.74, 6) is 0.910. The van der Waals surface area contributed by atoms with E-state index in [0.717, 1.165) is 16.8 Å². The summed E-state index contributed by atoms with van der Waals surface area (Å²) >= 11 is 5.30. The first-order valence-corrected chi connectivity index (χ1v) is 7.78. The van der Waals surface area contributed by atoms with Crippen molar-refractivity contribution in [2.45, 2.75) is 25.0 Å². The van der Waals surface area contributed by atoms with Gasteiger partial charge >= 0.3 is 0 Å². The predicted molar refractivity (Wildman–Crippen MR) is 73.6 cm³/mol. The van der Waals surface area contributed by atoms with Gasteiger partial charge < -0.3 is 4.84 Å². The molecule has 0 saturated carbocycles. The molecule has 2 aliphatic rings. The molecule has 2 heterocycles. The number of nitrogens with zero attached hydrogens (tertiary/aromatic N) is 2. The summed E-state index contributed by atoms with van der Waals surface area (Å²) in [6.07, 6.45) is 5.09. The second-order valence-electron chi connectivity index (χ2n) is 4.40. The molecule has 0 N–H and O–H groups in total. The molecule has 17 heavy (non-hydrogen) atoms. The van der Waals surface area contributed by atoms with Gasteiger partial charge in [-0.3, -0.25) is 0 Å². The van der Waals surface area contributed by atoms with E-state index >= 15 is 0 Å². The monoisotopic (exact) mass is 314 g/mol. The van der Waals surface area contributed by atoms with E-state index in [-0.39, 0.29) is 0 Å². The molecule has 0 amide bonds. The van der Waals surface area contributed by atoms with Gasteiger partial charge in [-0.25, -0.2) is 4.31 Å². The van der Waals surface area contributed by atoms with Crippen molar-refractivity contribution in [2.75, 3.05) is 12.8 Å². The van der Waals surface area contributed by atoms with Gasteiger partial charge in [-0.2, -0.15) is 0 Å². The molecule has 1 aromatic rings. The maximum Gasteiger partial charge on any atom is 0.148 e. The Hall–Kier alpha value is -0.230. The second-order valence-corrected chi connectivity index (χ2v) is 6.11. The summed E-state index contributed by atoms with van der Waals surface area (Å²) < 4.78 is 3.51. The highest BCUT2D eigenvalue weighted by molar-refractivity contribution is 9.10. The summed E-state index contributed by atoms with van der Waals surface area (Å²) in [6.45, 7) is 1.01. The second kappa shape index (κ2) is 4.80. The Kier molecular flexibility index (Phi) is 3.34. The molecule has 2 aliphatic heterocycles. The van der Waals surface area contributed by atoms with E-state index in [0.29, 0.717) is 12.2 Å². The third-order valence-corrected chi connectivity index (χ3v) is 4.82. The molecule has 5 heteroatoms. The topological polar surface area (TPSA) is 15.7 Å². The van der Waals surface area contributed by atoms with Crippen LogP contribution in [-0.4, -0.2) is 34.4 Å². The van der Waals surface area contributed by atoms with Crippen LogP contribution in [0, 0.1) is 0 Å². The molecular formula is C12H15BrN2OS. The standard InChI is InChI=1S/C12H15BrN2OS/c1-17-15-10-5-6-12(15)14(8-10)16-11-4-2-3-9(13)7-11/h2-4,7,10,12H,5-6,8H2,1H3. The minimum atomic E-state index is 0.439. The zero-order valence-corrected chi connectivity index (χ0v) is 12.1. The highest BCUT2D eigenvalue weighted by Gasteiger charge is 2.46. The molecule has 2 fully saturated rings. The molecular weight excluding hydrogens is 300 g/mol. The van der Waals surface area contributed by atoms with Gasteiger partial charge in [-0.15, -0.1) is 5.06 Å². The Morgan fingerprint density at radius 2 is 2.29 bits per heavy atom. The van der Waals surface area contributed by atoms with E-state index in [1.165, 1.54) is 12.8 Å². The van der Waals surface area contributed by atoms with E-state index in [1.54, 1.807) is 0 Å². The van der Waals surface area contributed by atoms with Crippen molar-refractivity contribution in [2.24, 2.45) is 0 Å². The van der Waals surface area contributed by atoms with Crippen LogP contribution in [0.15, 0.2) is 28.7 Å². The van der Waals surface area contributed by atoms with Crippen molar-refractivity contribution in [1.82, 2.24) is 9.37 Å². The Balaban J connectivity index is 1.71. The van der Waals surface area contributed by atoms with Crippen molar-refractivity contribution in [1.29, 1.82) is 0 Å². The molecule has 2 saturated heterocycles. The quantitative estimate of drug-likeness (QED) is 0.796. The van der Waals surface area contributed by atoms with E-state index in [2.05, 4.69) is 31.6 Å². The fourth-order valence-corrected chi connectivity index (χ4v) is 3.94. The highest BCUT2D eigenvalue weighted by Crippen LogP contribution is 2.38. The van der Waals surface area contributed by atoms with Crippen molar-refractivity contribution in [3.05, 3.63) is 28.7 Å². The smallest absolute Gasteiger partial charge is 0.148 e. The number of hydrogen-bond acceptors (Lipinski definition) is 4. The van der Waals surface area contributed by atoms with Crippen molar-refractivity contribution < 1.29 is 4.84 Å². The lowest BCUT2D eigenvalue weighted by molar-refractivity contribution is -0.0894. The zero-order chi connectivity index (χ0) is 11.8. The highest BCUT2D eigenvalue weighted by atomic mass is 79.9. The Morgan fingerprint density at radius 3 is 3.00 bits per heavy atom. The maximum atomic E-state index is 5.97. The molecule has 1 aromatic carbocycles. The van der Waals surface area contributed by atoms with Crippen LogP contribution in [0.5, 0.6) is 5.75 Å². The summed E-state index contributed by atoms with van der Waals surface area (Å²) in [4.78, 5) is 5.97. The number of fused-ring (bicyclic) bond motifs is 2. The van der Waals surface area contributed by atoms with E-state index < -0.39 is 0 Å². The fraction of sp³-hybridized carbons (Fsp3) is 0.500. The van der Waals surface area contributed by atoms with Crippen LogP contribution in [0.3, 0.4) is 0 Å². The minimum absolute atomic E-state index is 0.439. The van der Waals surface area contributed by atoms with E-state index in [9.17, 15) is 0 Å². The summed E-state index contributed by atoms with van der Waals surface area (Å²) in [7, 11) is 0. The lowest BCUT2D eigenvalue weighted by Gasteiger charge is -2.26. The van der Waals surface area contributed by atoms with Gasteiger partial charge in [0, 0.05) is 10.5 Å². The van der Waals surface area contributed by atoms with Gasteiger partial charge in [0.1, 0.15) is 11.9 Å². The molecule has 0 radical (unpaired) electrons. The number of benzene rings is 1.